The van der Waals surface area contributed by atoms with Crippen molar-refractivity contribution >= 4 is 40.8 Å². The zero-order valence-electron chi connectivity index (χ0n) is 10.1. The monoisotopic (exact) mass is 351 g/mol. The Labute approximate surface area is 133 Å². The summed E-state index contributed by atoms with van der Waals surface area (Å²) in [7, 11) is 0. The molecule has 0 spiro atoms. The van der Waals surface area contributed by atoms with Crippen LogP contribution in [0.3, 0.4) is 0 Å². The molecule has 1 heterocycles. The molecule has 110 valence electrons. The Bertz CT molecular complexity index is 738. The van der Waals surface area contributed by atoms with E-state index < -0.39 is 29.7 Å². The molecule has 0 fully saturated rings. The molecule has 0 radical (unpaired) electrons. The van der Waals surface area contributed by atoms with E-state index in [0.29, 0.717) is 6.07 Å². The topological polar surface area (TPSA) is 50.2 Å². The molecular weight excluding hydrogens is 347 g/mol. The maximum atomic E-state index is 13.9. The first-order valence-electron chi connectivity index (χ1n) is 5.51. The molecule has 0 aliphatic heterocycles. The molecule has 1 aromatic heterocycles. The van der Waals surface area contributed by atoms with Gasteiger partial charge >= 0.3 is 5.97 Å². The van der Waals surface area contributed by atoms with Crippen LogP contribution in [0, 0.1) is 11.6 Å². The lowest BCUT2D eigenvalue weighted by atomic mass is 10.1. The Morgan fingerprint density at radius 3 is 2.43 bits per heavy atom. The molecule has 21 heavy (non-hydrogen) atoms. The minimum atomic E-state index is -1.29. The average Bonchev–Trinajstić information content (AvgIpc) is 2.40. The van der Waals surface area contributed by atoms with E-state index in [1.807, 2.05) is 0 Å². The number of hydrogen-bond acceptors (Lipinski definition) is 2. The van der Waals surface area contributed by atoms with Crippen molar-refractivity contribution in [1.29, 1.82) is 0 Å². The predicted octanol–water partition coefficient (Wildman–Crippen LogP) is 4.61. The predicted molar refractivity (Wildman–Crippen MR) is 76.0 cm³/mol. The number of nitrogens with zero attached hydrogens (tertiary/aromatic N) is 1. The van der Waals surface area contributed by atoms with Crippen molar-refractivity contribution in [3.63, 3.8) is 0 Å². The van der Waals surface area contributed by atoms with Crippen molar-refractivity contribution < 1.29 is 18.7 Å². The number of pyridine rings is 1. The Hall–Kier alpha value is -1.43. The van der Waals surface area contributed by atoms with Crippen molar-refractivity contribution in [2.24, 2.45) is 0 Å². The van der Waals surface area contributed by atoms with Crippen molar-refractivity contribution in [1.82, 2.24) is 4.98 Å². The van der Waals surface area contributed by atoms with Crippen LogP contribution in [-0.4, -0.2) is 16.1 Å². The summed E-state index contributed by atoms with van der Waals surface area (Å²) in [5.41, 5.74) is -0.604. The van der Waals surface area contributed by atoms with Gasteiger partial charge in [-0.05, 0) is 12.1 Å². The number of rotatable bonds is 3. The summed E-state index contributed by atoms with van der Waals surface area (Å²) in [4.78, 5) is 14.4. The lowest BCUT2D eigenvalue weighted by Crippen LogP contribution is -2.07. The maximum absolute atomic E-state index is 13.9. The summed E-state index contributed by atoms with van der Waals surface area (Å²) in [6, 6.07) is 3.30. The van der Waals surface area contributed by atoms with Crippen LogP contribution >= 0.6 is 34.8 Å². The Morgan fingerprint density at radius 2 is 1.81 bits per heavy atom. The zero-order valence-corrected chi connectivity index (χ0v) is 12.4. The van der Waals surface area contributed by atoms with Gasteiger partial charge in [-0.25, -0.2) is 13.8 Å². The minimum Gasteiger partial charge on any atom is -0.481 e. The zero-order chi connectivity index (χ0) is 15.7. The summed E-state index contributed by atoms with van der Waals surface area (Å²) < 4.78 is 27.4. The van der Waals surface area contributed by atoms with Crippen LogP contribution in [0.4, 0.5) is 8.78 Å². The number of carbonyl (C=O) groups is 1. The van der Waals surface area contributed by atoms with Gasteiger partial charge in [-0.1, -0.05) is 34.8 Å². The molecule has 2 rings (SSSR count). The Kier molecular flexibility index (Phi) is 4.66. The molecule has 0 unspecified atom stereocenters. The fourth-order valence-corrected chi connectivity index (χ4v) is 2.29. The van der Waals surface area contributed by atoms with E-state index in [1.54, 1.807) is 0 Å². The number of aliphatic carboxylic acids is 1. The summed E-state index contributed by atoms with van der Waals surface area (Å²) in [6.45, 7) is 0. The van der Waals surface area contributed by atoms with Crippen LogP contribution in [0.2, 0.25) is 15.1 Å². The molecule has 0 atom stereocenters. The third-order valence-corrected chi connectivity index (χ3v) is 3.90. The summed E-state index contributed by atoms with van der Waals surface area (Å²) in [5.74, 6) is -3.32. The van der Waals surface area contributed by atoms with E-state index in [9.17, 15) is 13.6 Å². The summed E-state index contributed by atoms with van der Waals surface area (Å²) >= 11 is 17.6. The van der Waals surface area contributed by atoms with Crippen LogP contribution < -0.4 is 0 Å². The fourth-order valence-electron chi connectivity index (χ4n) is 1.67. The fraction of sp³-hybridized carbons (Fsp3) is 0.0769. The SMILES string of the molecule is O=C(O)Cc1nc(-c2ccc(Cl)c(Cl)c2Cl)c(F)cc1F. The normalized spacial score (nSPS) is 10.7. The van der Waals surface area contributed by atoms with E-state index in [0.717, 1.165) is 0 Å². The minimum absolute atomic E-state index is 0.00106. The molecular formula is C13H6Cl3F2NO2. The van der Waals surface area contributed by atoms with E-state index in [2.05, 4.69) is 4.98 Å². The molecule has 2 aromatic rings. The van der Waals surface area contributed by atoms with Crippen molar-refractivity contribution in [2.75, 3.05) is 0 Å². The first kappa shape index (κ1) is 15.9. The summed E-state index contributed by atoms with van der Waals surface area (Å²) in [5, 5.41) is 8.81. The average molecular weight is 353 g/mol. The van der Waals surface area contributed by atoms with Crippen molar-refractivity contribution in [3.8, 4) is 11.3 Å². The lowest BCUT2D eigenvalue weighted by Gasteiger charge is -2.10. The molecule has 0 aliphatic carbocycles. The molecule has 8 heteroatoms. The van der Waals surface area contributed by atoms with E-state index in [-0.39, 0.29) is 26.3 Å². The van der Waals surface area contributed by atoms with Crippen molar-refractivity contribution in [3.05, 3.63) is 50.6 Å². The molecule has 0 saturated heterocycles. The van der Waals surface area contributed by atoms with Gasteiger partial charge in [0.15, 0.2) is 5.82 Å². The van der Waals surface area contributed by atoms with E-state index in [4.69, 9.17) is 39.9 Å². The highest BCUT2D eigenvalue weighted by Crippen LogP contribution is 2.38. The van der Waals surface area contributed by atoms with E-state index in [1.165, 1.54) is 12.1 Å². The quantitative estimate of drug-likeness (QED) is 0.820. The Balaban J connectivity index is 2.64. The smallest absolute Gasteiger partial charge is 0.309 e. The third-order valence-electron chi connectivity index (χ3n) is 2.61. The molecule has 0 amide bonds. The maximum Gasteiger partial charge on any atom is 0.309 e. The molecule has 0 saturated carbocycles. The molecule has 0 bridgehead atoms. The van der Waals surface area contributed by atoms with Crippen LogP contribution in [0.1, 0.15) is 5.69 Å². The molecule has 0 aliphatic rings. The number of benzene rings is 1. The van der Waals surface area contributed by atoms with Gasteiger partial charge in [-0.2, -0.15) is 0 Å². The molecule has 3 nitrogen and oxygen atoms in total. The van der Waals surface area contributed by atoms with Crippen LogP contribution in [0.15, 0.2) is 18.2 Å². The van der Waals surface area contributed by atoms with Gasteiger partial charge in [0.25, 0.3) is 0 Å². The summed E-state index contributed by atoms with van der Waals surface area (Å²) in [6.07, 6.45) is -0.682. The van der Waals surface area contributed by atoms with Gasteiger partial charge in [0.1, 0.15) is 11.5 Å². The van der Waals surface area contributed by atoms with Crippen LogP contribution in [-0.2, 0) is 11.2 Å². The second-order valence-corrected chi connectivity index (χ2v) is 5.20. The van der Waals surface area contributed by atoms with Crippen LogP contribution in [0.5, 0.6) is 0 Å². The first-order valence-corrected chi connectivity index (χ1v) is 6.65. The molecule has 1 N–H and O–H groups in total. The second-order valence-electron chi connectivity index (χ2n) is 4.04. The van der Waals surface area contributed by atoms with Gasteiger partial charge in [0.2, 0.25) is 0 Å². The van der Waals surface area contributed by atoms with Crippen molar-refractivity contribution in [2.45, 2.75) is 6.42 Å². The molecule has 1 aromatic carbocycles. The largest absolute Gasteiger partial charge is 0.481 e. The highest BCUT2D eigenvalue weighted by atomic mass is 35.5. The van der Waals surface area contributed by atoms with Gasteiger partial charge in [0, 0.05) is 11.6 Å². The standard InChI is InChI=1S/C13H6Cl3F2NO2/c14-6-2-1-5(11(15)12(6)16)13-8(18)3-7(17)9(19-13)4-10(20)21/h1-3H,4H2,(H,20,21). The highest BCUT2D eigenvalue weighted by Gasteiger charge is 2.19. The Morgan fingerprint density at radius 1 is 1.14 bits per heavy atom. The van der Waals surface area contributed by atoms with Gasteiger partial charge < -0.3 is 5.11 Å². The first-order chi connectivity index (χ1) is 9.81. The lowest BCUT2D eigenvalue weighted by molar-refractivity contribution is -0.136. The number of halogens is 5. The van der Waals surface area contributed by atoms with E-state index >= 15 is 0 Å². The highest BCUT2D eigenvalue weighted by molar-refractivity contribution is 6.49. The van der Waals surface area contributed by atoms with Crippen LogP contribution in [0.25, 0.3) is 11.3 Å². The third kappa shape index (κ3) is 3.26. The number of carboxylic acid groups (broad SMARTS) is 1. The number of hydrogen-bond donors (Lipinski definition) is 1. The van der Waals surface area contributed by atoms with Gasteiger partial charge in [-0.15, -0.1) is 0 Å². The van der Waals surface area contributed by atoms with Gasteiger partial charge in [0.05, 0.1) is 27.2 Å². The number of carboxylic acids is 1. The van der Waals surface area contributed by atoms with Gasteiger partial charge in [-0.3, -0.25) is 4.79 Å². The number of aromatic nitrogens is 1. The second kappa shape index (κ2) is 6.13.